The van der Waals surface area contributed by atoms with Gasteiger partial charge in [0.05, 0.1) is 5.56 Å². The second-order valence-electron chi connectivity index (χ2n) is 3.52. The van der Waals surface area contributed by atoms with Gasteiger partial charge in [0.2, 0.25) is 0 Å². The smallest absolute Gasteiger partial charge is 0.322 e. The first-order valence-electron chi connectivity index (χ1n) is 4.79. The van der Waals surface area contributed by atoms with Crippen LogP contribution in [0.15, 0.2) is 36.7 Å². The summed E-state index contributed by atoms with van der Waals surface area (Å²) in [6, 6.07) is 5.33. The monoisotopic (exact) mass is 352 g/mol. The number of aromatic nitrogens is 2. The van der Waals surface area contributed by atoms with Crippen LogP contribution in [0.2, 0.25) is 0 Å². The molecule has 6 heteroatoms. The van der Waals surface area contributed by atoms with Gasteiger partial charge in [-0.1, -0.05) is 12.1 Å². The van der Waals surface area contributed by atoms with Crippen molar-refractivity contribution in [2.45, 2.75) is 12.7 Å². The average molecular weight is 352 g/mol. The van der Waals surface area contributed by atoms with Crippen LogP contribution in [0.4, 0.5) is 13.2 Å². The maximum atomic E-state index is 12.5. The Kier molecular flexibility index (Phi) is 3.41. The van der Waals surface area contributed by atoms with Crippen molar-refractivity contribution in [3.8, 4) is 0 Å². The van der Waals surface area contributed by atoms with Crippen LogP contribution in [0, 0.1) is 3.83 Å². The lowest BCUT2D eigenvalue weighted by Gasteiger charge is -2.09. The number of hydrogen-bond acceptors (Lipinski definition) is 1. The summed E-state index contributed by atoms with van der Waals surface area (Å²) in [7, 11) is 0. The highest BCUT2D eigenvalue weighted by molar-refractivity contribution is 14.1. The predicted octanol–water partition coefficient (Wildman–Crippen LogP) is 3.55. The van der Waals surface area contributed by atoms with E-state index in [0.29, 0.717) is 12.1 Å². The number of hydrogen-bond donors (Lipinski definition) is 0. The van der Waals surface area contributed by atoms with E-state index in [9.17, 15) is 13.2 Å². The molecule has 0 saturated carbocycles. The van der Waals surface area contributed by atoms with Gasteiger partial charge >= 0.3 is 6.18 Å². The molecule has 90 valence electrons. The molecule has 0 unspecified atom stereocenters. The van der Waals surface area contributed by atoms with Crippen LogP contribution in [0.5, 0.6) is 0 Å². The second-order valence-corrected chi connectivity index (χ2v) is 4.49. The maximum absolute atomic E-state index is 12.5. The van der Waals surface area contributed by atoms with Crippen molar-refractivity contribution in [1.29, 1.82) is 0 Å². The van der Waals surface area contributed by atoms with Gasteiger partial charge in [-0.25, -0.2) is 4.98 Å². The van der Waals surface area contributed by atoms with E-state index in [1.807, 2.05) is 22.6 Å². The molecule has 2 nitrogen and oxygen atoms in total. The van der Waals surface area contributed by atoms with Crippen molar-refractivity contribution in [3.05, 3.63) is 51.6 Å². The summed E-state index contributed by atoms with van der Waals surface area (Å²) < 4.78 is 40.1. The molecular formula is C11H8F3IN2. The Morgan fingerprint density at radius 1 is 1.29 bits per heavy atom. The van der Waals surface area contributed by atoms with E-state index in [-0.39, 0.29) is 0 Å². The van der Waals surface area contributed by atoms with Gasteiger partial charge in [-0.2, -0.15) is 13.2 Å². The molecule has 0 saturated heterocycles. The second kappa shape index (κ2) is 4.67. The number of rotatable bonds is 2. The molecule has 1 heterocycles. The first-order valence-corrected chi connectivity index (χ1v) is 5.87. The lowest BCUT2D eigenvalue weighted by Crippen LogP contribution is -2.07. The van der Waals surface area contributed by atoms with Gasteiger partial charge in [-0.3, -0.25) is 0 Å². The number of halogens is 4. The molecule has 0 N–H and O–H groups in total. The van der Waals surface area contributed by atoms with Gasteiger partial charge in [0.1, 0.15) is 0 Å². The molecule has 2 aromatic rings. The van der Waals surface area contributed by atoms with Gasteiger partial charge in [0.25, 0.3) is 0 Å². The molecule has 17 heavy (non-hydrogen) atoms. The standard InChI is InChI=1S/C11H8F3IN2/c12-11(13,14)9-3-1-2-8(6-9)7-17-5-4-16-10(17)15/h1-6H,7H2. The Balaban J connectivity index is 2.26. The van der Waals surface area contributed by atoms with Gasteiger partial charge in [-0.05, 0) is 40.3 Å². The molecule has 1 aromatic heterocycles. The van der Waals surface area contributed by atoms with E-state index < -0.39 is 11.7 Å². The molecular weight excluding hydrogens is 344 g/mol. The summed E-state index contributed by atoms with van der Waals surface area (Å²) in [6.07, 6.45) is -0.935. The Labute approximate surface area is 110 Å². The molecule has 0 aliphatic carbocycles. The summed E-state index contributed by atoms with van der Waals surface area (Å²) in [5, 5.41) is 0. The lowest BCUT2D eigenvalue weighted by atomic mass is 10.1. The first-order chi connectivity index (χ1) is 7.97. The van der Waals surface area contributed by atoms with Crippen LogP contribution in [-0.4, -0.2) is 9.55 Å². The van der Waals surface area contributed by atoms with Crippen LogP contribution < -0.4 is 0 Å². The Hall–Kier alpha value is -1.05. The third-order valence-electron chi connectivity index (χ3n) is 2.27. The van der Waals surface area contributed by atoms with Crippen LogP contribution in [0.1, 0.15) is 11.1 Å². The highest BCUT2D eigenvalue weighted by Gasteiger charge is 2.30. The van der Waals surface area contributed by atoms with Crippen molar-refractivity contribution in [1.82, 2.24) is 9.55 Å². The molecule has 2 rings (SSSR count). The first kappa shape index (κ1) is 12.4. The van der Waals surface area contributed by atoms with E-state index in [0.717, 1.165) is 16.0 Å². The van der Waals surface area contributed by atoms with E-state index in [1.165, 1.54) is 6.07 Å². The van der Waals surface area contributed by atoms with Crippen molar-refractivity contribution in [2.24, 2.45) is 0 Å². The van der Waals surface area contributed by atoms with Crippen LogP contribution in [0.3, 0.4) is 0 Å². The number of imidazole rings is 1. The topological polar surface area (TPSA) is 17.8 Å². The molecule has 0 spiro atoms. The molecule has 1 aromatic carbocycles. The number of nitrogens with zero attached hydrogens (tertiary/aromatic N) is 2. The van der Waals surface area contributed by atoms with Crippen molar-refractivity contribution >= 4 is 22.6 Å². The third-order valence-corrected chi connectivity index (χ3v) is 3.17. The van der Waals surface area contributed by atoms with Gasteiger partial charge in [0, 0.05) is 18.9 Å². The molecule has 0 amide bonds. The molecule has 0 aliphatic rings. The number of benzene rings is 1. The molecule has 0 atom stereocenters. The SMILES string of the molecule is FC(F)(F)c1cccc(Cn2ccnc2I)c1. The van der Waals surface area contributed by atoms with Gasteiger partial charge in [-0.15, -0.1) is 0 Å². The quantitative estimate of drug-likeness (QED) is 0.756. The third kappa shape index (κ3) is 2.99. The van der Waals surface area contributed by atoms with Gasteiger partial charge < -0.3 is 4.57 Å². The maximum Gasteiger partial charge on any atom is 0.416 e. The predicted molar refractivity (Wildman–Crippen MR) is 65.5 cm³/mol. The fourth-order valence-electron chi connectivity index (χ4n) is 1.47. The summed E-state index contributed by atoms with van der Waals surface area (Å²) >= 11 is 2.04. The van der Waals surface area contributed by atoms with Crippen LogP contribution in [0.25, 0.3) is 0 Å². The minimum absolute atomic E-state index is 0.391. The van der Waals surface area contributed by atoms with Gasteiger partial charge in [0.15, 0.2) is 3.83 Å². The Morgan fingerprint density at radius 2 is 2.06 bits per heavy atom. The fraction of sp³-hybridized carbons (Fsp3) is 0.182. The summed E-state index contributed by atoms with van der Waals surface area (Å²) in [5.41, 5.74) is -0.0131. The van der Waals surface area contributed by atoms with E-state index in [2.05, 4.69) is 4.98 Å². The van der Waals surface area contributed by atoms with Crippen LogP contribution >= 0.6 is 22.6 Å². The minimum atomic E-state index is -4.29. The number of alkyl halides is 3. The average Bonchev–Trinajstić information content (AvgIpc) is 2.64. The lowest BCUT2D eigenvalue weighted by molar-refractivity contribution is -0.137. The van der Waals surface area contributed by atoms with Crippen molar-refractivity contribution in [2.75, 3.05) is 0 Å². The summed E-state index contributed by atoms with van der Waals surface area (Å²) in [6.45, 7) is 0.391. The normalized spacial score (nSPS) is 11.8. The molecule has 0 bridgehead atoms. The molecule has 0 aliphatic heterocycles. The highest BCUT2D eigenvalue weighted by atomic mass is 127. The fourth-order valence-corrected chi connectivity index (χ4v) is 1.96. The van der Waals surface area contributed by atoms with Crippen molar-refractivity contribution < 1.29 is 13.2 Å². The van der Waals surface area contributed by atoms with E-state index >= 15 is 0 Å². The summed E-state index contributed by atoms with van der Waals surface area (Å²) in [5.74, 6) is 0. The largest absolute Gasteiger partial charge is 0.416 e. The van der Waals surface area contributed by atoms with E-state index in [4.69, 9.17) is 0 Å². The minimum Gasteiger partial charge on any atom is -0.322 e. The molecule has 0 radical (unpaired) electrons. The van der Waals surface area contributed by atoms with Crippen LogP contribution in [-0.2, 0) is 12.7 Å². The zero-order chi connectivity index (χ0) is 12.5. The van der Waals surface area contributed by atoms with E-state index in [1.54, 1.807) is 23.0 Å². The zero-order valence-corrected chi connectivity index (χ0v) is 10.7. The van der Waals surface area contributed by atoms with Crippen molar-refractivity contribution in [3.63, 3.8) is 0 Å². The highest BCUT2D eigenvalue weighted by Crippen LogP contribution is 2.29. The zero-order valence-electron chi connectivity index (χ0n) is 8.58. The Morgan fingerprint density at radius 3 is 2.65 bits per heavy atom. The molecule has 0 fully saturated rings. The Bertz CT molecular complexity index is 519. The summed E-state index contributed by atoms with van der Waals surface area (Å²) in [4.78, 5) is 4.01.